The fourth-order valence-electron chi connectivity index (χ4n) is 2.00. The highest BCUT2D eigenvalue weighted by Gasteiger charge is 2.41. The van der Waals surface area contributed by atoms with Crippen LogP contribution in [-0.4, -0.2) is 18.1 Å². The van der Waals surface area contributed by atoms with E-state index in [1.807, 2.05) is 56.3 Å². The maximum Gasteiger partial charge on any atom is 0.433 e. The first-order chi connectivity index (χ1) is 9.46. The van der Waals surface area contributed by atoms with Crippen molar-refractivity contribution < 1.29 is 18.5 Å². The largest absolute Gasteiger partial charge is 0.433 e. The number of fused-ring (bicyclic) bond motifs is 1. The van der Waals surface area contributed by atoms with Crippen molar-refractivity contribution in [1.29, 1.82) is 0 Å². The molecule has 2 aromatic rings. The molecule has 0 spiro atoms. The molecule has 1 aliphatic rings. The summed E-state index contributed by atoms with van der Waals surface area (Å²) < 4.78 is 16.4. The predicted molar refractivity (Wildman–Crippen MR) is 79.4 cm³/mol. The van der Waals surface area contributed by atoms with Gasteiger partial charge in [0, 0.05) is 5.41 Å². The van der Waals surface area contributed by atoms with Crippen LogP contribution in [0.15, 0.2) is 42.5 Å². The van der Waals surface area contributed by atoms with Crippen molar-refractivity contribution in [3.63, 3.8) is 0 Å². The number of benzene rings is 2. The van der Waals surface area contributed by atoms with Gasteiger partial charge in [-0.05, 0) is 22.9 Å². The van der Waals surface area contributed by atoms with Gasteiger partial charge in [0.2, 0.25) is 0 Å². The molecule has 0 aliphatic carbocycles. The van der Waals surface area contributed by atoms with Crippen molar-refractivity contribution in [3.05, 3.63) is 42.5 Å². The summed E-state index contributed by atoms with van der Waals surface area (Å²) in [7, 11) is -3.24. The molecular weight excluding hydrogens is 275 g/mol. The molecule has 107 valence electrons. The molecule has 1 heterocycles. The predicted octanol–water partition coefficient (Wildman–Crippen LogP) is 3.96. The van der Waals surface area contributed by atoms with Crippen LogP contribution in [0.1, 0.15) is 13.8 Å². The minimum absolute atomic E-state index is 0.0982. The van der Waals surface area contributed by atoms with Gasteiger partial charge in [-0.3, -0.25) is 9.05 Å². The molecule has 20 heavy (non-hydrogen) atoms. The van der Waals surface area contributed by atoms with Gasteiger partial charge >= 0.3 is 8.17 Å². The standard InChI is InChI=1S/C15H18O4P/c1-15(2)10-17-20(16,18-11-15)19-14-8-7-12-5-3-4-6-13(12)9-14/h3-9,16H,10-11H2,1-2H3. The van der Waals surface area contributed by atoms with Crippen molar-refractivity contribution in [2.45, 2.75) is 13.8 Å². The molecule has 1 fully saturated rings. The lowest BCUT2D eigenvalue weighted by molar-refractivity contribution is -0.00111. The van der Waals surface area contributed by atoms with E-state index in [4.69, 9.17) is 13.6 Å². The van der Waals surface area contributed by atoms with Gasteiger partial charge in [-0.1, -0.05) is 44.2 Å². The third kappa shape index (κ3) is 2.94. The molecule has 4 nitrogen and oxygen atoms in total. The van der Waals surface area contributed by atoms with E-state index in [2.05, 4.69) is 0 Å². The zero-order chi connectivity index (χ0) is 14.2. The molecule has 5 heteroatoms. The van der Waals surface area contributed by atoms with Crippen LogP contribution in [0.2, 0.25) is 0 Å². The van der Waals surface area contributed by atoms with Crippen LogP contribution in [0.3, 0.4) is 0 Å². The smallest absolute Gasteiger partial charge is 0.415 e. The Morgan fingerprint density at radius 2 is 1.70 bits per heavy atom. The molecular formula is C15H18O4P. The van der Waals surface area contributed by atoms with Crippen LogP contribution in [0.25, 0.3) is 10.8 Å². The van der Waals surface area contributed by atoms with E-state index in [9.17, 15) is 4.89 Å². The summed E-state index contributed by atoms with van der Waals surface area (Å²) in [5.41, 5.74) is -0.0982. The second kappa shape index (κ2) is 4.97. The van der Waals surface area contributed by atoms with E-state index in [-0.39, 0.29) is 5.41 Å². The third-order valence-electron chi connectivity index (χ3n) is 3.18. The zero-order valence-corrected chi connectivity index (χ0v) is 12.5. The Morgan fingerprint density at radius 3 is 2.40 bits per heavy atom. The Kier molecular flexibility index (Phi) is 3.43. The van der Waals surface area contributed by atoms with Crippen molar-refractivity contribution in [2.24, 2.45) is 5.41 Å². The maximum atomic E-state index is 10.3. The fraction of sp³-hybridized carbons (Fsp3) is 0.333. The van der Waals surface area contributed by atoms with Crippen LogP contribution in [-0.2, 0) is 9.05 Å². The monoisotopic (exact) mass is 293 g/mol. The number of hydrogen-bond donors (Lipinski definition) is 1. The lowest BCUT2D eigenvalue weighted by Gasteiger charge is -2.38. The molecule has 1 aliphatic heterocycles. The summed E-state index contributed by atoms with van der Waals surface area (Å²) in [6, 6.07) is 13.6. The zero-order valence-electron chi connectivity index (χ0n) is 11.6. The van der Waals surface area contributed by atoms with Crippen molar-refractivity contribution >= 4 is 18.9 Å². The Balaban J connectivity index is 1.79. The third-order valence-corrected chi connectivity index (χ3v) is 4.53. The Bertz CT molecular complexity index is 616. The van der Waals surface area contributed by atoms with Crippen LogP contribution in [0.4, 0.5) is 0 Å². The van der Waals surface area contributed by atoms with Crippen LogP contribution < -0.4 is 4.52 Å². The Labute approximate surface area is 118 Å². The molecule has 0 saturated carbocycles. The van der Waals surface area contributed by atoms with Crippen molar-refractivity contribution in [1.82, 2.24) is 0 Å². The molecule has 2 aromatic carbocycles. The summed E-state index contributed by atoms with van der Waals surface area (Å²) >= 11 is 0. The minimum Gasteiger partial charge on any atom is -0.415 e. The Hall–Kier alpha value is -1.19. The topological polar surface area (TPSA) is 47.9 Å². The van der Waals surface area contributed by atoms with Gasteiger partial charge in [-0.15, -0.1) is 0 Å². The molecule has 3 rings (SSSR count). The summed E-state index contributed by atoms with van der Waals surface area (Å²) in [6.45, 7) is 4.88. The van der Waals surface area contributed by atoms with E-state index in [1.54, 1.807) is 0 Å². The quantitative estimate of drug-likeness (QED) is 0.851. The van der Waals surface area contributed by atoms with Crippen LogP contribution >= 0.6 is 8.17 Å². The molecule has 0 atom stereocenters. The van der Waals surface area contributed by atoms with Crippen LogP contribution in [0, 0.1) is 5.41 Å². The first-order valence-electron chi connectivity index (χ1n) is 6.55. The van der Waals surface area contributed by atoms with Gasteiger partial charge in [0.1, 0.15) is 5.75 Å². The van der Waals surface area contributed by atoms with Gasteiger partial charge in [0.25, 0.3) is 0 Å². The van der Waals surface area contributed by atoms with Crippen LogP contribution in [0.5, 0.6) is 5.75 Å². The van der Waals surface area contributed by atoms with Crippen molar-refractivity contribution in [3.8, 4) is 5.75 Å². The SMILES string of the molecule is CC1(C)CO[P](O)(Oc2ccc3ccccc3c2)OC1. The maximum absolute atomic E-state index is 10.3. The van der Waals surface area contributed by atoms with Gasteiger partial charge in [-0.2, -0.15) is 0 Å². The Morgan fingerprint density at radius 1 is 1.05 bits per heavy atom. The molecule has 1 saturated heterocycles. The fourth-order valence-corrected chi connectivity index (χ4v) is 3.59. The molecule has 1 N–H and O–H groups in total. The molecule has 0 aromatic heterocycles. The first kappa shape index (κ1) is 13.8. The highest BCUT2D eigenvalue weighted by Crippen LogP contribution is 2.61. The van der Waals surface area contributed by atoms with E-state index < -0.39 is 8.17 Å². The summed E-state index contributed by atoms with van der Waals surface area (Å²) in [4.78, 5) is 10.3. The van der Waals surface area contributed by atoms with Crippen molar-refractivity contribution in [2.75, 3.05) is 13.2 Å². The average molecular weight is 293 g/mol. The normalized spacial score (nSPS) is 20.8. The molecule has 0 unspecified atom stereocenters. The number of rotatable bonds is 2. The van der Waals surface area contributed by atoms with Gasteiger partial charge in [0.15, 0.2) is 0 Å². The second-order valence-electron chi connectivity index (χ2n) is 5.78. The van der Waals surface area contributed by atoms with E-state index >= 15 is 0 Å². The summed E-state index contributed by atoms with van der Waals surface area (Å²) in [5, 5.41) is 2.17. The first-order valence-corrected chi connectivity index (χ1v) is 8.05. The van der Waals surface area contributed by atoms with Gasteiger partial charge in [0.05, 0.1) is 13.2 Å². The summed E-state index contributed by atoms with van der Waals surface area (Å²) in [6.07, 6.45) is 0. The molecule has 0 bridgehead atoms. The number of hydrogen-bond acceptors (Lipinski definition) is 4. The van der Waals surface area contributed by atoms with E-state index in [0.717, 1.165) is 10.8 Å². The average Bonchev–Trinajstić information content (AvgIpc) is 2.43. The van der Waals surface area contributed by atoms with E-state index in [1.165, 1.54) is 0 Å². The highest BCUT2D eigenvalue weighted by atomic mass is 31.2. The van der Waals surface area contributed by atoms with Gasteiger partial charge < -0.3 is 9.42 Å². The van der Waals surface area contributed by atoms with Gasteiger partial charge in [-0.25, -0.2) is 0 Å². The van der Waals surface area contributed by atoms with E-state index in [0.29, 0.717) is 19.0 Å². The summed E-state index contributed by atoms with van der Waals surface area (Å²) in [5.74, 6) is 0.555. The highest BCUT2D eigenvalue weighted by molar-refractivity contribution is 7.55. The molecule has 0 amide bonds. The lowest BCUT2D eigenvalue weighted by atomic mass is 9.97. The second-order valence-corrected chi connectivity index (χ2v) is 7.42. The minimum atomic E-state index is -3.24. The lowest BCUT2D eigenvalue weighted by Crippen LogP contribution is -2.32. The molecule has 1 radical (unpaired) electrons.